The predicted octanol–water partition coefficient (Wildman–Crippen LogP) is 2.76. The second-order valence-corrected chi connectivity index (χ2v) is 10.4. The number of rotatable bonds is 9. The number of fused-ring (bicyclic) bond motifs is 1. The summed E-state index contributed by atoms with van der Waals surface area (Å²) in [7, 11) is -4.20. The van der Waals surface area contributed by atoms with Crippen molar-refractivity contribution in [2.45, 2.75) is 45.9 Å². The zero-order chi connectivity index (χ0) is 24.3. The van der Waals surface area contributed by atoms with Gasteiger partial charge in [-0.2, -0.15) is 8.42 Å². The molecule has 2 aromatic carbocycles. The molecule has 4 rings (SSSR count). The van der Waals surface area contributed by atoms with Gasteiger partial charge in [0, 0.05) is 31.8 Å². The molecule has 1 saturated heterocycles. The molecule has 0 saturated carbocycles. The fourth-order valence-corrected chi connectivity index (χ4v) is 5.36. The minimum Gasteiger partial charge on any atom is -0.487 e. The normalized spacial score (nSPS) is 17.6. The Balaban J connectivity index is 1.62. The van der Waals surface area contributed by atoms with Crippen LogP contribution in [0.1, 0.15) is 37.0 Å². The summed E-state index contributed by atoms with van der Waals surface area (Å²) >= 11 is 0. The number of carbonyl (C=O) groups excluding carboxylic acids is 1. The average molecular weight is 492 g/mol. The molecule has 2 aromatic rings. The monoisotopic (exact) mass is 491 g/mol. The van der Waals surface area contributed by atoms with Crippen LogP contribution in [0.15, 0.2) is 36.4 Å². The van der Waals surface area contributed by atoms with Gasteiger partial charge in [-0.1, -0.05) is 30.3 Å². The Kier molecular flexibility index (Phi) is 7.39. The fourth-order valence-electron chi connectivity index (χ4n) is 4.20. The van der Waals surface area contributed by atoms with E-state index in [1.807, 2.05) is 48.9 Å². The van der Waals surface area contributed by atoms with Gasteiger partial charge in [0.1, 0.15) is 24.6 Å². The Labute approximate surface area is 199 Å². The lowest BCUT2D eigenvalue weighted by molar-refractivity contribution is -0.117. The summed E-state index contributed by atoms with van der Waals surface area (Å²) in [6.07, 6.45) is 1.60. The molecule has 1 N–H and O–H groups in total. The predicted molar refractivity (Wildman–Crippen MR) is 126 cm³/mol. The van der Waals surface area contributed by atoms with Gasteiger partial charge >= 0.3 is 10.2 Å². The number of hydrogen-bond donors (Lipinski definition) is 1. The molecule has 0 bridgehead atoms. The fraction of sp³-hybridized carbons (Fsp3) is 0.458. The van der Waals surface area contributed by atoms with E-state index in [0.29, 0.717) is 25.1 Å². The number of ether oxygens (including phenoxy) is 2. The SMILES string of the molecule is CC(C)OCCCN1CCc2cc(OCc3ccccc3)c(N3CC(=O)NS3(=O)=O)c(F)c2C1. The van der Waals surface area contributed by atoms with E-state index in [2.05, 4.69) is 4.90 Å². The molecule has 0 unspecified atom stereocenters. The Hall–Kier alpha value is -2.69. The standard InChI is InChI=1S/C24H30FN3O5S/c1-17(2)32-12-6-10-27-11-9-19-13-21(33-16-18-7-4-3-5-8-18)24(23(25)20(19)14-27)28-15-22(29)26-34(28,30)31/h3-5,7-8,13,17H,6,9-12,14-16H2,1-2H3,(H,26,29). The van der Waals surface area contributed by atoms with Crippen LogP contribution in [0.5, 0.6) is 5.75 Å². The summed E-state index contributed by atoms with van der Waals surface area (Å²) in [5, 5.41) is 0. The maximum atomic E-state index is 16.0. The van der Waals surface area contributed by atoms with Crippen LogP contribution in [0.2, 0.25) is 0 Å². The molecule has 10 heteroatoms. The summed E-state index contributed by atoms with van der Waals surface area (Å²) in [6.45, 7) is 6.10. The van der Waals surface area contributed by atoms with Gasteiger partial charge in [-0.15, -0.1) is 0 Å². The second-order valence-electron chi connectivity index (χ2n) is 8.79. The highest BCUT2D eigenvalue weighted by Gasteiger charge is 2.39. The highest BCUT2D eigenvalue weighted by Crippen LogP contribution is 2.40. The molecule has 8 nitrogen and oxygen atoms in total. The number of nitrogens with zero attached hydrogens (tertiary/aromatic N) is 2. The molecule has 2 aliphatic heterocycles. The average Bonchev–Trinajstić information content (AvgIpc) is 3.07. The Morgan fingerprint density at radius 3 is 2.62 bits per heavy atom. The lowest BCUT2D eigenvalue weighted by atomic mass is 9.97. The highest BCUT2D eigenvalue weighted by molar-refractivity contribution is 7.92. The van der Waals surface area contributed by atoms with E-state index in [1.54, 1.807) is 6.07 Å². The van der Waals surface area contributed by atoms with E-state index in [-0.39, 0.29) is 24.1 Å². The van der Waals surface area contributed by atoms with Crippen LogP contribution in [0.4, 0.5) is 10.1 Å². The van der Waals surface area contributed by atoms with Crippen molar-refractivity contribution in [2.75, 3.05) is 30.5 Å². The lowest BCUT2D eigenvalue weighted by Crippen LogP contribution is -2.34. The molecule has 1 amide bonds. The van der Waals surface area contributed by atoms with Crippen molar-refractivity contribution in [3.8, 4) is 5.75 Å². The number of hydrogen-bond acceptors (Lipinski definition) is 6. The third-order valence-electron chi connectivity index (χ3n) is 5.85. The van der Waals surface area contributed by atoms with Crippen LogP contribution in [0.25, 0.3) is 0 Å². The van der Waals surface area contributed by atoms with Crippen LogP contribution in [0, 0.1) is 5.82 Å². The number of benzene rings is 2. The first-order chi connectivity index (χ1) is 16.2. The molecular weight excluding hydrogens is 461 g/mol. The minimum atomic E-state index is -4.20. The summed E-state index contributed by atoms with van der Waals surface area (Å²) in [5.74, 6) is -1.26. The van der Waals surface area contributed by atoms with E-state index < -0.39 is 28.5 Å². The van der Waals surface area contributed by atoms with E-state index in [4.69, 9.17) is 9.47 Å². The van der Waals surface area contributed by atoms with Crippen molar-refractivity contribution < 1.29 is 27.1 Å². The summed E-state index contributed by atoms with van der Waals surface area (Å²) in [4.78, 5) is 14.0. The summed E-state index contributed by atoms with van der Waals surface area (Å²) in [5.41, 5.74) is 1.86. The lowest BCUT2D eigenvalue weighted by Gasteiger charge is -2.31. The molecule has 1 fully saturated rings. The number of carbonyl (C=O) groups is 1. The molecule has 0 aromatic heterocycles. The quantitative estimate of drug-likeness (QED) is 0.543. The van der Waals surface area contributed by atoms with Crippen molar-refractivity contribution in [2.24, 2.45) is 0 Å². The van der Waals surface area contributed by atoms with E-state index in [0.717, 1.165) is 34.9 Å². The second kappa shape index (κ2) is 10.3. The number of nitrogens with one attached hydrogen (secondary N) is 1. The first-order valence-corrected chi connectivity index (χ1v) is 12.9. The van der Waals surface area contributed by atoms with Gasteiger partial charge in [0.05, 0.1) is 6.10 Å². The van der Waals surface area contributed by atoms with Crippen LogP contribution < -0.4 is 13.8 Å². The van der Waals surface area contributed by atoms with Gasteiger partial charge in [-0.05, 0) is 43.9 Å². The van der Waals surface area contributed by atoms with Crippen molar-refractivity contribution in [1.82, 2.24) is 9.62 Å². The van der Waals surface area contributed by atoms with Gasteiger partial charge in [-0.25, -0.2) is 13.4 Å². The first kappa shape index (κ1) is 24.4. The molecule has 0 atom stereocenters. The third kappa shape index (κ3) is 5.51. The largest absolute Gasteiger partial charge is 0.487 e. The molecule has 2 aliphatic rings. The zero-order valence-corrected chi connectivity index (χ0v) is 20.2. The van der Waals surface area contributed by atoms with Crippen LogP contribution in [-0.4, -0.2) is 51.6 Å². The van der Waals surface area contributed by atoms with Gasteiger partial charge in [0.25, 0.3) is 5.91 Å². The number of anilines is 1. The van der Waals surface area contributed by atoms with Crippen molar-refractivity contribution in [1.29, 1.82) is 0 Å². The minimum absolute atomic E-state index is 0.110. The summed E-state index contributed by atoms with van der Waals surface area (Å²) in [6, 6.07) is 11.1. The maximum absolute atomic E-state index is 16.0. The maximum Gasteiger partial charge on any atom is 0.326 e. The van der Waals surface area contributed by atoms with Gasteiger partial charge < -0.3 is 9.47 Å². The van der Waals surface area contributed by atoms with E-state index >= 15 is 4.39 Å². The molecule has 34 heavy (non-hydrogen) atoms. The van der Waals surface area contributed by atoms with Crippen LogP contribution in [-0.2, 0) is 39.3 Å². The van der Waals surface area contributed by atoms with E-state index in [9.17, 15) is 13.2 Å². The Morgan fingerprint density at radius 2 is 1.94 bits per heavy atom. The summed E-state index contributed by atoms with van der Waals surface area (Å²) < 4.78 is 55.3. The number of amides is 1. The van der Waals surface area contributed by atoms with Crippen LogP contribution in [0.3, 0.4) is 0 Å². The van der Waals surface area contributed by atoms with Gasteiger partial charge in [-0.3, -0.25) is 9.69 Å². The Morgan fingerprint density at radius 1 is 1.18 bits per heavy atom. The van der Waals surface area contributed by atoms with Crippen LogP contribution >= 0.6 is 0 Å². The van der Waals surface area contributed by atoms with Crippen molar-refractivity contribution in [3.63, 3.8) is 0 Å². The molecule has 0 radical (unpaired) electrons. The van der Waals surface area contributed by atoms with Crippen molar-refractivity contribution in [3.05, 3.63) is 58.9 Å². The molecule has 0 spiro atoms. The smallest absolute Gasteiger partial charge is 0.326 e. The van der Waals surface area contributed by atoms with Crippen molar-refractivity contribution >= 4 is 21.8 Å². The molecule has 0 aliphatic carbocycles. The molecular formula is C24H30FN3O5S. The topological polar surface area (TPSA) is 88.2 Å². The zero-order valence-electron chi connectivity index (χ0n) is 19.4. The molecule has 184 valence electrons. The van der Waals surface area contributed by atoms with Gasteiger partial charge in [0.15, 0.2) is 5.82 Å². The highest BCUT2D eigenvalue weighted by atomic mass is 32.2. The third-order valence-corrected chi connectivity index (χ3v) is 7.23. The Bertz CT molecular complexity index is 1140. The first-order valence-electron chi connectivity index (χ1n) is 11.4. The number of halogens is 1. The van der Waals surface area contributed by atoms with E-state index in [1.165, 1.54) is 0 Å². The molecule has 2 heterocycles. The van der Waals surface area contributed by atoms with Gasteiger partial charge in [0.2, 0.25) is 0 Å².